The van der Waals surface area contributed by atoms with Gasteiger partial charge in [0.25, 0.3) is 0 Å². The second-order valence-electron chi connectivity index (χ2n) is 3.72. The van der Waals surface area contributed by atoms with Crippen molar-refractivity contribution >= 4 is 0 Å². The zero-order valence-corrected chi connectivity index (χ0v) is 9.60. The first-order valence-corrected chi connectivity index (χ1v) is 5.39. The van der Waals surface area contributed by atoms with Crippen LogP contribution in [0.15, 0.2) is 28.7 Å². The highest BCUT2D eigenvalue weighted by Crippen LogP contribution is 2.22. The quantitative estimate of drug-likeness (QED) is 0.817. The Morgan fingerprint density at radius 3 is 3.00 bits per heavy atom. The van der Waals surface area contributed by atoms with Crippen molar-refractivity contribution in [2.24, 2.45) is 0 Å². The monoisotopic (exact) mass is 227 g/mol. The summed E-state index contributed by atoms with van der Waals surface area (Å²) in [5, 5.41) is 8.90. The predicted octanol–water partition coefficient (Wildman–Crippen LogP) is 2.17. The van der Waals surface area contributed by atoms with Crippen molar-refractivity contribution in [2.45, 2.75) is 13.3 Å². The molecule has 86 valence electrons. The zero-order valence-electron chi connectivity index (χ0n) is 9.60. The summed E-state index contributed by atoms with van der Waals surface area (Å²) in [5.74, 6) is 3.85. The molecule has 1 N–H and O–H groups in total. The predicted molar refractivity (Wildman–Crippen MR) is 65.4 cm³/mol. The van der Waals surface area contributed by atoms with Crippen LogP contribution in [0.25, 0.3) is 11.5 Å². The Kier molecular flexibility index (Phi) is 3.27. The average molecular weight is 227 g/mol. The lowest BCUT2D eigenvalue weighted by Crippen LogP contribution is -1.92. The molecular formula is C14H13NO2. The SMILES string of the molecule is C#Cc1cccc(-c2nc(CCO)c(C)o2)c1. The van der Waals surface area contributed by atoms with Crippen LogP contribution in [0.2, 0.25) is 0 Å². The van der Waals surface area contributed by atoms with Crippen LogP contribution in [0, 0.1) is 19.3 Å². The Hall–Kier alpha value is -2.05. The maximum absolute atomic E-state index is 8.90. The Morgan fingerprint density at radius 1 is 1.47 bits per heavy atom. The van der Waals surface area contributed by atoms with E-state index < -0.39 is 0 Å². The number of oxazole rings is 1. The van der Waals surface area contributed by atoms with E-state index in [4.69, 9.17) is 15.9 Å². The topological polar surface area (TPSA) is 46.3 Å². The molecule has 0 aliphatic rings. The van der Waals surface area contributed by atoms with Gasteiger partial charge in [0.1, 0.15) is 5.76 Å². The van der Waals surface area contributed by atoms with Crippen LogP contribution in [0.1, 0.15) is 17.0 Å². The molecule has 0 fully saturated rings. The van der Waals surface area contributed by atoms with Gasteiger partial charge in [0.2, 0.25) is 5.89 Å². The second kappa shape index (κ2) is 4.86. The van der Waals surface area contributed by atoms with Gasteiger partial charge in [0.05, 0.1) is 5.69 Å². The van der Waals surface area contributed by atoms with E-state index in [0.717, 1.165) is 22.6 Å². The van der Waals surface area contributed by atoms with Gasteiger partial charge in [-0.05, 0) is 25.1 Å². The molecule has 1 aromatic carbocycles. The molecule has 0 aliphatic carbocycles. The lowest BCUT2D eigenvalue weighted by molar-refractivity contribution is 0.297. The van der Waals surface area contributed by atoms with E-state index in [2.05, 4.69) is 10.9 Å². The standard InChI is InChI=1S/C14H13NO2/c1-3-11-5-4-6-12(9-11)14-15-13(7-8-16)10(2)17-14/h1,4-6,9,16H,7-8H2,2H3. The summed E-state index contributed by atoms with van der Waals surface area (Å²) in [6, 6.07) is 7.48. The van der Waals surface area contributed by atoms with Crippen molar-refractivity contribution in [3.63, 3.8) is 0 Å². The van der Waals surface area contributed by atoms with Crippen LogP contribution in [0.4, 0.5) is 0 Å². The first-order chi connectivity index (χ1) is 8.24. The van der Waals surface area contributed by atoms with Crippen molar-refractivity contribution in [3.05, 3.63) is 41.3 Å². The van der Waals surface area contributed by atoms with E-state index in [1.807, 2.05) is 31.2 Å². The fourth-order valence-corrected chi connectivity index (χ4v) is 1.63. The van der Waals surface area contributed by atoms with E-state index >= 15 is 0 Å². The van der Waals surface area contributed by atoms with Crippen molar-refractivity contribution in [1.82, 2.24) is 4.98 Å². The normalized spacial score (nSPS) is 10.2. The van der Waals surface area contributed by atoms with Gasteiger partial charge in [-0.25, -0.2) is 4.98 Å². The third kappa shape index (κ3) is 2.38. The molecule has 0 saturated carbocycles. The molecule has 1 aromatic heterocycles. The Bertz CT molecular complexity index is 564. The van der Waals surface area contributed by atoms with Crippen LogP contribution in [-0.2, 0) is 6.42 Å². The summed E-state index contributed by atoms with van der Waals surface area (Å²) in [4.78, 5) is 4.35. The first kappa shape index (κ1) is 11.4. The number of aliphatic hydroxyl groups excluding tert-OH is 1. The zero-order chi connectivity index (χ0) is 12.3. The third-order valence-corrected chi connectivity index (χ3v) is 2.52. The van der Waals surface area contributed by atoms with Gasteiger partial charge in [-0.2, -0.15) is 0 Å². The fourth-order valence-electron chi connectivity index (χ4n) is 1.63. The molecule has 0 amide bonds. The van der Waals surface area contributed by atoms with Crippen LogP contribution in [0.3, 0.4) is 0 Å². The third-order valence-electron chi connectivity index (χ3n) is 2.52. The molecule has 0 atom stereocenters. The molecule has 0 bridgehead atoms. The maximum atomic E-state index is 8.90. The van der Waals surface area contributed by atoms with Crippen molar-refractivity contribution < 1.29 is 9.52 Å². The molecule has 1 heterocycles. The number of hydrogen-bond acceptors (Lipinski definition) is 3. The smallest absolute Gasteiger partial charge is 0.226 e. The largest absolute Gasteiger partial charge is 0.441 e. The molecule has 3 nitrogen and oxygen atoms in total. The molecule has 0 aliphatic heterocycles. The van der Waals surface area contributed by atoms with E-state index in [1.165, 1.54) is 0 Å². The summed E-state index contributed by atoms with van der Waals surface area (Å²) in [6.07, 6.45) is 5.85. The lowest BCUT2D eigenvalue weighted by Gasteiger charge is -1.95. The molecular weight excluding hydrogens is 214 g/mol. The summed E-state index contributed by atoms with van der Waals surface area (Å²) in [6.45, 7) is 1.91. The number of rotatable bonds is 3. The van der Waals surface area contributed by atoms with Crippen molar-refractivity contribution in [2.75, 3.05) is 6.61 Å². The summed E-state index contributed by atoms with van der Waals surface area (Å²) in [7, 11) is 0. The number of terminal acetylenes is 1. The van der Waals surface area contributed by atoms with Crippen molar-refractivity contribution in [1.29, 1.82) is 0 Å². The average Bonchev–Trinajstić information content (AvgIpc) is 2.72. The Morgan fingerprint density at radius 2 is 2.29 bits per heavy atom. The second-order valence-corrected chi connectivity index (χ2v) is 3.72. The molecule has 0 unspecified atom stereocenters. The fraction of sp³-hybridized carbons (Fsp3) is 0.214. The Labute approximate surface area is 100 Å². The first-order valence-electron chi connectivity index (χ1n) is 5.39. The molecule has 0 saturated heterocycles. The molecule has 0 radical (unpaired) electrons. The molecule has 3 heteroatoms. The summed E-state index contributed by atoms with van der Waals surface area (Å²) >= 11 is 0. The van der Waals surface area contributed by atoms with E-state index in [1.54, 1.807) is 0 Å². The number of benzene rings is 1. The van der Waals surface area contributed by atoms with Gasteiger partial charge in [0.15, 0.2) is 0 Å². The number of aromatic nitrogens is 1. The number of nitrogens with zero attached hydrogens (tertiary/aromatic N) is 1. The Balaban J connectivity index is 2.39. The van der Waals surface area contributed by atoms with Gasteiger partial charge in [-0.3, -0.25) is 0 Å². The molecule has 2 aromatic rings. The molecule has 2 rings (SSSR count). The lowest BCUT2D eigenvalue weighted by atomic mass is 10.1. The van der Waals surface area contributed by atoms with Crippen LogP contribution in [0.5, 0.6) is 0 Å². The van der Waals surface area contributed by atoms with Crippen LogP contribution >= 0.6 is 0 Å². The highest BCUT2D eigenvalue weighted by molar-refractivity contribution is 5.57. The highest BCUT2D eigenvalue weighted by atomic mass is 16.4. The van der Waals surface area contributed by atoms with Gasteiger partial charge in [-0.1, -0.05) is 12.0 Å². The van der Waals surface area contributed by atoms with E-state index in [0.29, 0.717) is 12.3 Å². The van der Waals surface area contributed by atoms with E-state index in [-0.39, 0.29) is 6.61 Å². The highest BCUT2D eigenvalue weighted by Gasteiger charge is 2.10. The minimum atomic E-state index is 0.0667. The molecule has 17 heavy (non-hydrogen) atoms. The summed E-state index contributed by atoms with van der Waals surface area (Å²) < 4.78 is 5.56. The maximum Gasteiger partial charge on any atom is 0.226 e. The number of hydrogen-bond donors (Lipinski definition) is 1. The van der Waals surface area contributed by atoms with Gasteiger partial charge < -0.3 is 9.52 Å². The number of aliphatic hydroxyl groups is 1. The van der Waals surface area contributed by atoms with Crippen LogP contribution < -0.4 is 0 Å². The number of aryl methyl sites for hydroxylation is 1. The minimum Gasteiger partial charge on any atom is -0.441 e. The van der Waals surface area contributed by atoms with Gasteiger partial charge in [0, 0.05) is 24.2 Å². The minimum absolute atomic E-state index is 0.0667. The van der Waals surface area contributed by atoms with Crippen LogP contribution in [-0.4, -0.2) is 16.7 Å². The van der Waals surface area contributed by atoms with Crippen molar-refractivity contribution in [3.8, 4) is 23.8 Å². The summed E-state index contributed by atoms with van der Waals surface area (Å²) in [5.41, 5.74) is 2.43. The molecule has 0 spiro atoms. The van der Waals surface area contributed by atoms with Gasteiger partial charge >= 0.3 is 0 Å². The van der Waals surface area contributed by atoms with E-state index in [9.17, 15) is 0 Å². The van der Waals surface area contributed by atoms with Gasteiger partial charge in [-0.15, -0.1) is 6.42 Å².